The number of phenols is 1. The van der Waals surface area contributed by atoms with Gasteiger partial charge in [-0.15, -0.1) is 0 Å². The summed E-state index contributed by atoms with van der Waals surface area (Å²) in [5, 5.41) is 9.47. The molecule has 0 spiro atoms. The van der Waals surface area contributed by atoms with Crippen LogP contribution in [0.15, 0.2) is 35.5 Å². The van der Waals surface area contributed by atoms with Crippen LogP contribution in [-0.2, 0) is 16.4 Å². The van der Waals surface area contributed by atoms with Crippen molar-refractivity contribution in [1.82, 2.24) is 4.98 Å². The average Bonchev–Trinajstić information content (AvgIpc) is 2.36. The van der Waals surface area contributed by atoms with Crippen molar-refractivity contribution >= 4 is 9.84 Å². The molecule has 6 heteroatoms. The highest BCUT2D eigenvalue weighted by molar-refractivity contribution is 7.90. The van der Waals surface area contributed by atoms with Crippen molar-refractivity contribution in [3.8, 4) is 22.6 Å². The van der Waals surface area contributed by atoms with E-state index >= 15 is 0 Å². The second kappa shape index (κ2) is 3.96. The van der Waals surface area contributed by atoms with Crippen molar-refractivity contribution in [3.63, 3.8) is 0 Å². The molecule has 1 aliphatic heterocycles. The molecular formula is C13H11NO4S. The molecule has 0 bridgehead atoms. The van der Waals surface area contributed by atoms with Crippen LogP contribution < -0.4 is 4.74 Å². The van der Waals surface area contributed by atoms with E-state index in [0.29, 0.717) is 17.9 Å². The summed E-state index contributed by atoms with van der Waals surface area (Å²) in [5.74, 6) is 0.703. The van der Waals surface area contributed by atoms with Gasteiger partial charge in [0.2, 0.25) is 0 Å². The van der Waals surface area contributed by atoms with Gasteiger partial charge in [-0.05, 0) is 23.8 Å². The maximum atomic E-state index is 11.5. The van der Waals surface area contributed by atoms with Crippen molar-refractivity contribution in [3.05, 3.63) is 36.0 Å². The Morgan fingerprint density at radius 2 is 2.05 bits per heavy atom. The number of fused-ring (bicyclic) bond motifs is 3. The van der Waals surface area contributed by atoms with Gasteiger partial charge in [0.25, 0.3) is 0 Å². The molecule has 19 heavy (non-hydrogen) atoms. The first-order valence-electron chi connectivity index (χ1n) is 5.60. The second-order valence-electron chi connectivity index (χ2n) is 4.42. The topological polar surface area (TPSA) is 76.5 Å². The number of hydrogen-bond donors (Lipinski definition) is 1. The minimum Gasteiger partial charge on any atom is -0.508 e. The molecule has 1 aliphatic rings. The molecular weight excluding hydrogens is 266 g/mol. The molecule has 1 aromatic carbocycles. The van der Waals surface area contributed by atoms with Crippen molar-refractivity contribution in [1.29, 1.82) is 0 Å². The van der Waals surface area contributed by atoms with E-state index in [2.05, 4.69) is 4.98 Å². The van der Waals surface area contributed by atoms with Gasteiger partial charge in [0.15, 0.2) is 14.9 Å². The Morgan fingerprint density at radius 3 is 2.79 bits per heavy atom. The Kier molecular flexibility index (Phi) is 2.50. The van der Waals surface area contributed by atoms with E-state index in [-0.39, 0.29) is 10.8 Å². The third kappa shape index (κ3) is 2.04. The lowest BCUT2D eigenvalue weighted by Gasteiger charge is -2.20. The Morgan fingerprint density at radius 1 is 1.26 bits per heavy atom. The Hall–Kier alpha value is -2.08. The molecule has 0 saturated carbocycles. The van der Waals surface area contributed by atoms with E-state index in [1.807, 2.05) is 0 Å². The Balaban J connectivity index is 2.24. The fourth-order valence-electron chi connectivity index (χ4n) is 2.07. The maximum absolute atomic E-state index is 11.5. The molecule has 1 aromatic heterocycles. The number of aromatic nitrogens is 1. The van der Waals surface area contributed by atoms with Crippen molar-refractivity contribution in [2.45, 2.75) is 11.6 Å². The molecule has 5 nitrogen and oxygen atoms in total. The third-order valence-electron chi connectivity index (χ3n) is 2.98. The summed E-state index contributed by atoms with van der Waals surface area (Å²) >= 11 is 0. The van der Waals surface area contributed by atoms with Crippen LogP contribution in [0.5, 0.6) is 11.5 Å². The lowest BCUT2D eigenvalue weighted by Crippen LogP contribution is -2.08. The van der Waals surface area contributed by atoms with Gasteiger partial charge >= 0.3 is 0 Å². The SMILES string of the molecule is CS(=O)(=O)c1cc2c(cn1)OCc1cc(O)ccc1-2. The first-order chi connectivity index (χ1) is 8.95. The minimum absolute atomic E-state index is 0.00998. The highest BCUT2D eigenvalue weighted by atomic mass is 32.2. The molecule has 0 saturated heterocycles. The van der Waals surface area contributed by atoms with E-state index in [0.717, 1.165) is 17.4 Å². The lowest BCUT2D eigenvalue weighted by molar-refractivity contribution is 0.300. The summed E-state index contributed by atoms with van der Waals surface area (Å²) in [7, 11) is -3.36. The summed E-state index contributed by atoms with van der Waals surface area (Å²) < 4.78 is 28.6. The van der Waals surface area contributed by atoms with Crippen LogP contribution >= 0.6 is 0 Å². The fraction of sp³-hybridized carbons (Fsp3) is 0.154. The Labute approximate surface area is 110 Å². The predicted molar refractivity (Wildman–Crippen MR) is 68.8 cm³/mol. The van der Waals surface area contributed by atoms with Gasteiger partial charge in [0.1, 0.15) is 18.1 Å². The highest BCUT2D eigenvalue weighted by Crippen LogP contribution is 2.38. The minimum atomic E-state index is -3.36. The molecule has 98 valence electrons. The number of hydrogen-bond acceptors (Lipinski definition) is 5. The van der Waals surface area contributed by atoms with E-state index in [9.17, 15) is 13.5 Å². The molecule has 0 atom stereocenters. The number of rotatable bonds is 1. The first-order valence-corrected chi connectivity index (χ1v) is 7.49. The van der Waals surface area contributed by atoms with Crippen LogP contribution in [0.3, 0.4) is 0 Å². The molecule has 0 radical (unpaired) electrons. The van der Waals surface area contributed by atoms with Crippen LogP contribution in [-0.4, -0.2) is 24.8 Å². The van der Waals surface area contributed by atoms with Crippen LogP contribution in [0.25, 0.3) is 11.1 Å². The zero-order chi connectivity index (χ0) is 13.6. The monoisotopic (exact) mass is 277 g/mol. The summed E-state index contributed by atoms with van der Waals surface area (Å²) in [6.45, 7) is 0.330. The zero-order valence-corrected chi connectivity index (χ0v) is 10.9. The molecule has 0 aliphatic carbocycles. The van der Waals surface area contributed by atoms with Crippen LogP contribution in [0.2, 0.25) is 0 Å². The lowest BCUT2D eigenvalue weighted by atomic mass is 9.98. The number of phenolic OH excluding ortho intramolecular Hbond substituents is 1. The Bertz CT molecular complexity index is 768. The standard InChI is InChI=1S/C13H11NO4S/c1-19(16,17)13-5-11-10-3-2-9(15)4-8(10)7-18-12(11)6-14-13/h2-6,15H,7H2,1H3. The van der Waals surface area contributed by atoms with Gasteiger partial charge in [-0.25, -0.2) is 13.4 Å². The molecule has 0 fully saturated rings. The fourth-order valence-corrected chi connectivity index (χ4v) is 2.65. The molecule has 2 heterocycles. The predicted octanol–water partition coefficient (Wildman–Crippen LogP) is 1.75. The summed E-state index contributed by atoms with van der Waals surface area (Å²) in [4.78, 5) is 3.89. The van der Waals surface area contributed by atoms with E-state index in [4.69, 9.17) is 4.74 Å². The average molecular weight is 277 g/mol. The van der Waals surface area contributed by atoms with Crippen LogP contribution in [0.4, 0.5) is 0 Å². The molecule has 1 N–H and O–H groups in total. The van der Waals surface area contributed by atoms with Crippen molar-refractivity contribution < 1.29 is 18.3 Å². The van der Waals surface area contributed by atoms with Gasteiger partial charge in [-0.2, -0.15) is 0 Å². The van der Waals surface area contributed by atoms with E-state index in [1.165, 1.54) is 12.3 Å². The molecule has 0 amide bonds. The van der Waals surface area contributed by atoms with Gasteiger partial charge in [0, 0.05) is 17.4 Å². The zero-order valence-electron chi connectivity index (χ0n) is 10.1. The van der Waals surface area contributed by atoms with Crippen LogP contribution in [0, 0.1) is 0 Å². The second-order valence-corrected chi connectivity index (χ2v) is 6.38. The number of ether oxygens (including phenoxy) is 1. The van der Waals surface area contributed by atoms with Gasteiger partial charge < -0.3 is 9.84 Å². The highest BCUT2D eigenvalue weighted by Gasteiger charge is 2.21. The van der Waals surface area contributed by atoms with Crippen molar-refractivity contribution in [2.24, 2.45) is 0 Å². The van der Waals surface area contributed by atoms with E-state index < -0.39 is 9.84 Å². The van der Waals surface area contributed by atoms with Crippen molar-refractivity contribution in [2.75, 3.05) is 6.26 Å². The normalized spacial score (nSPS) is 13.3. The number of nitrogens with zero attached hydrogens (tertiary/aromatic N) is 1. The quantitative estimate of drug-likeness (QED) is 0.859. The van der Waals surface area contributed by atoms with Gasteiger partial charge in [-0.1, -0.05) is 6.07 Å². The summed E-state index contributed by atoms with van der Waals surface area (Å²) in [5.41, 5.74) is 2.35. The first kappa shape index (κ1) is 12.0. The van der Waals surface area contributed by atoms with Gasteiger partial charge in [0.05, 0.1) is 6.20 Å². The summed E-state index contributed by atoms with van der Waals surface area (Å²) in [6.07, 6.45) is 2.53. The number of pyridine rings is 1. The smallest absolute Gasteiger partial charge is 0.192 e. The third-order valence-corrected chi connectivity index (χ3v) is 3.97. The van der Waals surface area contributed by atoms with E-state index in [1.54, 1.807) is 18.2 Å². The molecule has 2 aromatic rings. The number of benzene rings is 1. The largest absolute Gasteiger partial charge is 0.508 e. The summed E-state index contributed by atoms with van der Waals surface area (Å²) in [6, 6.07) is 6.42. The molecule has 3 rings (SSSR count). The number of sulfone groups is 1. The molecule has 0 unspecified atom stereocenters. The van der Waals surface area contributed by atoms with Crippen LogP contribution in [0.1, 0.15) is 5.56 Å². The maximum Gasteiger partial charge on any atom is 0.192 e. The number of aromatic hydroxyl groups is 1. The van der Waals surface area contributed by atoms with Gasteiger partial charge in [-0.3, -0.25) is 0 Å².